The van der Waals surface area contributed by atoms with Gasteiger partial charge in [-0.1, -0.05) is 0 Å². The normalized spacial score (nSPS) is 9.70. The van der Waals surface area contributed by atoms with Crippen molar-refractivity contribution in [3.63, 3.8) is 0 Å². The van der Waals surface area contributed by atoms with Crippen LogP contribution in [-0.4, -0.2) is 15.3 Å². The third kappa shape index (κ3) is 0.978. The molecule has 54 valence electrons. The standard InChI is InChI=1S/C7H8O3/c1-4-2-5(8)7(10)6(9)3-4/h2-3,8-10H,1H3/p+1. The lowest BCUT2D eigenvalue weighted by Gasteiger charge is -1.97. The van der Waals surface area contributed by atoms with Crippen LogP contribution in [0.5, 0.6) is 17.2 Å². The highest BCUT2D eigenvalue weighted by atomic mass is 16.3. The van der Waals surface area contributed by atoms with E-state index in [0.29, 0.717) is 0 Å². The van der Waals surface area contributed by atoms with Crippen molar-refractivity contribution in [2.75, 3.05) is 0 Å². The van der Waals surface area contributed by atoms with Crippen LogP contribution in [0.3, 0.4) is 0 Å². The summed E-state index contributed by atoms with van der Waals surface area (Å²) < 4.78 is 0. The summed E-state index contributed by atoms with van der Waals surface area (Å²) in [5.74, 6) is -0.583. The number of phenolic OH excluding ortho intramolecular Hbond substituents is 2. The Labute approximate surface area is 58.2 Å². The number of hydrogen-bond donors (Lipinski definition) is 2. The fourth-order valence-corrected chi connectivity index (χ4v) is 0.749. The number of hydrogen-bond acceptors (Lipinski definition) is 2. The van der Waals surface area contributed by atoms with Crippen LogP contribution in [0.2, 0.25) is 0 Å². The molecule has 0 bridgehead atoms. The molecule has 10 heavy (non-hydrogen) atoms. The summed E-state index contributed by atoms with van der Waals surface area (Å²) in [7, 11) is 0. The van der Waals surface area contributed by atoms with Gasteiger partial charge in [0.1, 0.15) is 0 Å². The van der Waals surface area contributed by atoms with Gasteiger partial charge in [-0.2, -0.15) is 0 Å². The minimum Gasteiger partial charge on any atom is -0.588 e. The van der Waals surface area contributed by atoms with E-state index in [1.807, 2.05) is 0 Å². The average molecular weight is 141 g/mol. The molecule has 0 aliphatic rings. The second kappa shape index (κ2) is 2.10. The summed E-state index contributed by atoms with van der Waals surface area (Å²) in [5, 5.41) is 24.9. The van der Waals surface area contributed by atoms with E-state index in [1.165, 1.54) is 12.1 Å². The molecule has 0 saturated heterocycles. The van der Waals surface area contributed by atoms with E-state index in [4.69, 9.17) is 15.3 Å². The van der Waals surface area contributed by atoms with Gasteiger partial charge in [0, 0.05) is 0 Å². The van der Waals surface area contributed by atoms with Crippen LogP contribution >= 0.6 is 0 Å². The van der Waals surface area contributed by atoms with E-state index in [2.05, 4.69) is 0 Å². The van der Waals surface area contributed by atoms with Gasteiger partial charge in [-0.05, 0) is 24.6 Å². The van der Waals surface area contributed by atoms with Crippen LogP contribution in [0.15, 0.2) is 12.1 Å². The molecule has 0 fully saturated rings. The lowest BCUT2D eigenvalue weighted by atomic mass is 10.2. The van der Waals surface area contributed by atoms with Crippen LogP contribution in [0.25, 0.3) is 0 Å². The van der Waals surface area contributed by atoms with Gasteiger partial charge in [0.2, 0.25) is 11.5 Å². The highest BCUT2D eigenvalue weighted by Crippen LogP contribution is 2.34. The molecular formula is C7H9O3+. The fourth-order valence-electron chi connectivity index (χ4n) is 0.749. The molecule has 1 rings (SSSR count). The summed E-state index contributed by atoms with van der Waals surface area (Å²) in [4.78, 5) is 0. The first-order valence-electron chi connectivity index (χ1n) is 2.85. The molecule has 0 aliphatic heterocycles. The Kier molecular flexibility index (Phi) is 1.41. The smallest absolute Gasteiger partial charge is 0.339 e. The van der Waals surface area contributed by atoms with Crippen molar-refractivity contribution in [1.82, 2.24) is 0 Å². The molecule has 1 aromatic rings. The quantitative estimate of drug-likeness (QED) is 0.526. The maximum absolute atomic E-state index is 8.93. The van der Waals surface area contributed by atoms with Crippen molar-refractivity contribution < 1.29 is 15.3 Å². The van der Waals surface area contributed by atoms with E-state index in [9.17, 15) is 0 Å². The van der Waals surface area contributed by atoms with Crippen LogP contribution in [0, 0.1) is 6.92 Å². The van der Waals surface area contributed by atoms with Crippen molar-refractivity contribution in [3.8, 4) is 17.2 Å². The Balaban J connectivity index is 3.31. The Bertz CT molecular complexity index is 232. The zero-order chi connectivity index (χ0) is 7.72. The first-order valence-corrected chi connectivity index (χ1v) is 2.85. The van der Waals surface area contributed by atoms with E-state index in [0.717, 1.165) is 5.56 Å². The molecule has 0 aromatic heterocycles. The van der Waals surface area contributed by atoms with Gasteiger partial charge in [0.15, 0.2) is 0 Å². The largest absolute Gasteiger partial charge is 0.588 e. The van der Waals surface area contributed by atoms with Crippen molar-refractivity contribution in [2.24, 2.45) is 0 Å². The summed E-state index contributed by atoms with van der Waals surface area (Å²) in [6, 6.07) is 2.87. The number of aryl methyl sites for hydroxylation is 1. The molecule has 0 atom stereocenters. The summed E-state index contributed by atoms with van der Waals surface area (Å²) in [5.41, 5.74) is 0.742. The zero-order valence-electron chi connectivity index (χ0n) is 5.55. The van der Waals surface area contributed by atoms with Crippen LogP contribution in [0.1, 0.15) is 5.56 Å². The minimum atomic E-state index is -0.217. The summed E-state index contributed by atoms with van der Waals surface area (Å²) >= 11 is 0. The number of rotatable bonds is 0. The number of phenols is 2. The van der Waals surface area contributed by atoms with Gasteiger partial charge in [0.05, 0.1) is 0 Å². The lowest BCUT2D eigenvalue weighted by Crippen LogP contribution is -1.74. The maximum Gasteiger partial charge on any atom is 0.339 e. The van der Waals surface area contributed by atoms with Gasteiger partial charge in [-0.25, -0.2) is 0 Å². The zero-order valence-corrected chi connectivity index (χ0v) is 5.55. The Morgan fingerprint density at radius 3 is 2.00 bits per heavy atom. The molecule has 3 nitrogen and oxygen atoms in total. The molecule has 0 unspecified atom stereocenters. The number of aromatic hydroxyl groups is 2. The van der Waals surface area contributed by atoms with Crippen molar-refractivity contribution >= 4 is 0 Å². The molecule has 0 saturated carbocycles. The second-order valence-electron chi connectivity index (χ2n) is 2.18. The number of benzene rings is 1. The van der Waals surface area contributed by atoms with E-state index in [-0.39, 0.29) is 17.2 Å². The average Bonchev–Trinajstić information content (AvgIpc) is 1.82. The molecule has 0 amide bonds. The Morgan fingerprint density at radius 2 is 1.60 bits per heavy atom. The highest BCUT2D eigenvalue weighted by molar-refractivity contribution is 5.50. The summed E-state index contributed by atoms with van der Waals surface area (Å²) in [6.07, 6.45) is 0. The second-order valence-corrected chi connectivity index (χ2v) is 2.18. The Hall–Kier alpha value is -1.38. The van der Waals surface area contributed by atoms with E-state index < -0.39 is 0 Å². The first kappa shape index (κ1) is 6.74. The van der Waals surface area contributed by atoms with Crippen LogP contribution in [0.4, 0.5) is 0 Å². The van der Waals surface area contributed by atoms with Crippen LogP contribution in [-0.2, 0) is 0 Å². The van der Waals surface area contributed by atoms with Gasteiger partial charge in [-0.15, -0.1) is 0 Å². The molecule has 0 heterocycles. The molecule has 1 aromatic carbocycles. The lowest BCUT2D eigenvalue weighted by molar-refractivity contribution is 0.367. The SMILES string of the molecule is Cc1cc(O)c([OH2+])c(O)c1. The predicted molar refractivity (Wildman–Crippen MR) is 37.6 cm³/mol. The highest BCUT2D eigenvalue weighted by Gasteiger charge is 2.09. The first-order chi connectivity index (χ1) is 4.61. The van der Waals surface area contributed by atoms with Gasteiger partial charge in [-0.3, -0.25) is 0 Å². The fraction of sp³-hybridized carbons (Fsp3) is 0.143. The third-order valence-corrected chi connectivity index (χ3v) is 1.24. The molecule has 0 aliphatic carbocycles. The van der Waals surface area contributed by atoms with Gasteiger partial charge in [0.25, 0.3) is 0 Å². The topological polar surface area (TPSA) is 63.4 Å². The molecule has 0 radical (unpaired) electrons. The molecular weight excluding hydrogens is 132 g/mol. The van der Waals surface area contributed by atoms with Crippen molar-refractivity contribution in [3.05, 3.63) is 17.7 Å². The molecule has 3 heteroatoms. The minimum absolute atomic E-state index is 0.183. The Morgan fingerprint density at radius 1 is 1.20 bits per heavy atom. The monoisotopic (exact) mass is 141 g/mol. The van der Waals surface area contributed by atoms with Gasteiger partial charge < -0.3 is 15.3 Å². The van der Waals surface area contributed by atoms with Gasteiger partial charge >= 0.3 is 5.75 Å². The maximum atomic E-state index is 8.93. The van der Waals surface area contributed by atoms with Crippen molar-refractivity contribution in [2.45, 2.75) is 6.92 Å². The molecule has 4 N–H and O–H groups in total. The van der Waals surface area contributed by atoms with Crippen LogP contribution < -0.4 is 0 Å². The van der Waals surface area contributed by atoms with E-state index in [1.54, 1.807) is 6.92 Å². The van der Waals surface area contributed by atoms with E-state index >= 15 is 0 Å². The molecule has 0 spiro atoms. The third-order valence-electron chi connectivity index (χ3n) is 1.24. The van der Waals surface area contributed by atoms with Crippen molar-refractivity contribution in [1.29, 1.82) is 0 Å². The summed E-state index contributed by atoms with van der Waals surface area (Å²) in [6.45, 7) is 1.74. The predicted octanol–water partition coefficient (Wildman–Crippen LogP) is 0.844.